The van der Waals surface area contributed by atoms with E-state index in [2.05, 4.69) is 36.9 Å². The summed E-state index contributed by atoms with van der Waals surface area (Å²) in [6.45, 7) is 7.67. The number of benzene rings is 1. The van der Waals surface area contributed by atoms with Gasteiger partial charge in [0.2, 0.25) is 0 Å². The van der Waals surface area contributed by atoms with E-state index in [1.54, 1.807) is 0 Å². The smallest absolute Gasteiger partial charge is 0.127 e. The van der Waals surface area contributed by atoms with Crippen molar-refractivity contribution in [3.05, 3.63) is 29.3 Å². The van der Waals surface area contributed by atoms with Crippen molar-refractivity contribution < 1.29 is 4.74 Å². The Labute approximate surface area is 122 Å². The van der Waals surface area contributed by atoms with Crippen molar-refractivity contribution in [2.75, 3.05) is 19.7 Å². The fourth-order valence-electron chi connectivity index (χ4n) is 3.53. The predicted octanol–water partition coefficient (Wildman–Crippen LogP) is 2.89. The molecule has 110 valence electrons. The van der Waals surface area contributed by atoms with Crippen LogP contribution in [-0.2, 0) is 6.42 Å². The molecule has 0 aromatic heterocycles. The van der Waals surface area contributed by atoms with Crippen LogP contribution in [0.15, 0.2) is 18.2 Å². The molecule has 20 heavy (non-hydrogen) atoms. The molecule has 2 aliphatic heterocycles. The molecule has 1 aromatic carbocycles. The van der Waals surface area contributed by atoms with Gasteiger partial charge in [0.15, 0.2) is 0 Å². The lowest BCUT2D eigenvalue weighted by Crippen LogP contribution is -2.53. The van der Waals surface area contributed by atoms with Gasteiger partial charge in [-0.15, -0.1) is 0 Å². The van der Waals surface area contributed by atoms with Crippen molar-refractivity contribution in [2.24, 2.45) is 5.73 Å². The van der Waals surface area contributed by atoms with Crippen LogP contribution in [0.1, 0.15) is 50.3 Å². The van der Waals surface area contributed by atoms with Crippen molar-refractivity contribution in [2.45, 2.75) is 51.1 Å². The highest BCUT2D eigenvalue weighted by molar-refractivity contribution is 5.46. The van der Waals surface area contributed by atoms with Crippen LogP contribution in [0.25, 0.3) is 0 Å². The highest BCUT2D eigenvalue weighted by atomic mass is 16.5. The number of fused-ring (bicyclic) bond motifs is 1. The molecule has 2 N–H and O–H groups in total. The largest absolute Gasteiger partial charge is 0.493 e. The minimum Gasteiger partial charge on any atom is -0.493 e. The van der Waals surface area contributed by atoms with Crippen molar-refractivity contribution in [3.8, 4) is 5.75 Å². The molecule has 3 rings (SSSR count). The fourth-order valence-corrected chi connectivity index (χ4v) is 3.53. The summed E-state index contributed by atoms with van der Waals surface area (Å²) in [5.74, 6) is 1.05. The number of piperidine rings is 1. The minimum atomic E-state index is -0.0263. The number of rotatable bonds is 3. The van der Waals surface area contributed by atoms with E-state index in [4.69, 9.17) is 10.5 Å². The zero-order valence-electron chi connectivity index (χ0n) is 12.7. The minimum absolute atomic E-state index is 0.00588. The second-order valence-corrected chi connectivity index (χ2v) is 6.61. The zero-order valence-corrected chi connectivity index (χ0v) is 12.7. The molecule has 3 nitrogen and oxygen atoms in total. The number of hydrogen-bond acceptors (Lipinski definition) is 3. The highest BCUT2D eigenvalue weighted by Crippen LogP contribution is 2.39. The van der Waals surface area contributed by atoms with Crippen LogP contribution in [0, 0.1) is 0 Å². The van der Waals surface area contributed by atoms with Crippen LogP contribution in [0.5, 0.6) is 5.75 Å². The average molecular weight is 274 g/mol. The molecule has 1 aromatic rings. The normalized spacial score (nSPS) is 21.4. The van der Waals surface area contributed by atoms with Gasteiger partial charge >= 0.3 is 0 Å². The van der Waals surface area contributed by atoms with Crippen LogP contribution in [0.3, 0.4) is 0 Å². The SMILES string of the molecule is CC(C)(C(N)c1cccc2c1OCC2)N1CCCCC1. The number of nitrogens with zero attached hydrogens (tertiary/aromatic N) is 1. The van der Waals surface area contributed by atoms with Gasteiger partial charge in [0.25, 0.3) is 0 Å². The quantitative estimate of drug-likeness (QED) is 0.921. The van der Waals surface area contributed by atoms with Crippen LogP contribution in [0.2, 0.25) is 0 Å². The molecular formula is C17H26N2O. The van der Waals surface area contributed by atoms with E-state index in [0.29, 0.717) is 0 Å². The van der Waals surface area contributed by atoms with Gasteiger partial charge in [-0.2, -0.15) is 0 Å². The van der Waals surface area contributed by atoms with E-state index in [0.717, 1.165) is 31.9 Å². The molecule has 0 radical (unpaired) electrons. The van der Waals surface area contributed by atoms with Crippen LogP contribution >= 0.6 is 0 Å². The van der Waals surface area contributed by atoms with Gasteiger partial charge in [-0.3, -0.25) is 4.90 Å². The Hall–Kier alpha value is -1.06. The van der Waals surface area contributed by atoms with E-state index in [-0.39, 0.29) is 11.6 Å². The highest BCUT2D eigenvalue weighted by Gasteiger charge is 2.36. The first-order valence-corrected chi connectivity index (χ1v) is 7.86. The van der Waals surface area contributed by atoms with Gasteiger partial charge in [-0.05, 0) is 45.3 Å². The third-order valence-electron chi connectivity index (χ3n) is 5.01. The summed E-state index contributed by atoms with van der Waals surface area (Å²) >= 11 is 0. The summed E-state index contributed by atoms with van der Waals surface area (Å²) in [5, 5.41) is 0. The third kappa shape index (κ3) is 2.33. The molecule has 1 fully saturated rings. The molecule has 1 atom stereocenters. The van der Waals surface area contributed by atoms with Gasteiger partial charge in [-0.25, -0.2) is 0 Å². The van der Waals surface area contributed by atoms with E-state index < -0.39 is 0 Å². The maximum Gasteiger partial charge on any atom is 0.127 e. The lowest BCUT2D eigenvalue weighted by molar-refractivity contribution is 0.0722. The monoisotopic (exact) mass is 274 g/mol. The van der Waals surface area contributed by atoms with Crippen molar-refractivity contribution in [3.63, 3.8) is 0 Å². The van der Waals surface area contributed by atoms with E-state index >= 15 is 0 Å². The first-order chi connectivity index (χ1) is 9.60. The molecule has 2 aliphatic rings. The van der Waals surface area contributed by atoms with E-state index in [1.165, 1.54) is 30.4 Å². The summed E-state index contributed by atoms with van der Waals surface area (Å²) in [6, 6.07) is 6.41. The molecular weight excluding hydrogens is 248 g/mol. The first kappa shape index (κ1) is 13.9. The molecule has 0 saturated carbocycles. The van der Waals surface area contributed by atoms with Crippen LogP contribution in [0.4, 0.5) is 0 Å². The van der Waals surface area contributed by atoms with Crippen molar-refractivity contribution in [1.82, 2.24) is 4.90 Å². The number of para-hydroxylation sites is 1. The van der Waals surface area contributed by atoms with Crippen molar-refractivity contribution in [1.29, 1.82) is 0 Å². The van der Waals surface area contributed by atoms with Gasteiger partial charge in [0.05, 0.1) is 12.6 Å². The molecule has 0 spiro atoms. The van der Waals surface area contributed by atoms with E-state index in [9.17, 15) is 0 Å². The Bertz CT molecular complexity index is 478. The summed E-state index contributed by atoms with van der Waals surface area (Å²) in [7, 11) is 0. The van der Waals surface area contributed by atoms with Gasteiger partial charge in [0.1, 0.15) is 5.75 Å². The van der Waals surface area contributed by atoms with Gasteiger partial charge in [0, 0.05) is 17.5 Å². The van der Waals surface area contributed by atoms with E-state index in [1.807, 2.05) is 0 Å². The number of hydrogen-bond donors (Lipinski definition) is 1. The summed E-state index contributed by atoms with van der Waals surface area (Å²) in [4.78, 5) is 2.55. The van der Waals surface area contributed by atoms with Gasteiger partial charge in [-0.1, -0.05) is 24.6 Å². The number of nitrogens with two attached hydrogens (primary N) is 1. The van der Waals surface area contributed by atoms with Crippen LogP contribution < -0.4 is 10.5 Å². The lowest BCUT2D eigenvalue weighted by atomic mass is 9.85. The second-order valence-electron chi connectivity index (χ2n) is 6.61. The maximum atomic E-state index is 6.66. The topological polar surface area (TPSA) is 38.5 Å². The Kier molecular flexibility index (Phi) is 3.74. The average Bonchev–Trinajstić information content (AvgIpc) is 2.95. The molecule has 1 saturated heterocycles. The summed E-state index contributed by atoms with van der Waals surface area (Å²) < 4.78 is 5.83. The predicted molar refractivity (Wildman–Crippen MR) is 82.1 cm³/mol. The number of ether oxygens (including phenoxy) is 1. The summed E-state index contributed by atoms with van der Waals surface area (Å²) in [6.07, 6.45) is 4.95. The standard InChI is InChI=1S/C17H26N2O/c1-17(2,19-10-4-3-5-11-19)16(18)14-8-6-7-13-9-12-20-15(13)14/h6-8,16H,3-5,9-12,18H2,1-2H3. The van der Waals surface area contributed by atoms with Crippen molar-refractivity contribution >= 4 is 0 Å². The van der Waals surface area contributed by atoms with Gasteiger partial charge < -0.3 is 10.5 Å². The summed E-state index contributed by atoms with van der Waals surface area (Å²) in [5.41, 5.74) is 9.12. The fraction of sp³-hybridized carbons (Fsp3) is 0.647. The Morgan fingerprint density at radius 1 is 1.20 bits per heavy atom. The molecule has 0 amide bonds. The molecule has 1 unspecified atom stereocenters. The Morgan fingerprint density at radius 3 is 2.70 bits per heavy atom. The third-order valence-corrected chi connectivity index (χ3v) is 5.01. The Balaban J connectivity index is 1.87. The molecule has 3 heteroatoms. The first-order valence-electron chi connectivity index (χ1n) is 7.86. The zero-order chi connectivity index (χ0) is 14.2. The number of likely N-dealkylation sites (tertiary alicyclic amines) is 1. The van der Waals surface area contributed by atoms with Crippen LogP contribution in [-0.4, -0.2) is 30.1 Å². The second kappa shape index (κ2) is 5.38. The molecule has 0 aliphatic carbocycles. The lowest BCUT2D eigenvalue weighted by Gasteiger charge is -2.45. The Morgan fingerprint density at radius 2 is 1.95 bits per heavy atom. The molecule has 0 bridgehead atoms. The molecule has 2 heterocycles. The maximum absolute atomic E-state index is 6.66.